The molecule has 2 aromatic rings. The zero-order valence-electron chi connectivity index (χ0n) is 12.8. The molecule has 1 aromatic carbocycles. The van der Waals surface area contributed by atoms with Crippen molar-refractivity contribution in [2.45, 2.75) is 31.8 Å². The van der Waals surface area contributed by atoms with E-state index in [1.165, 1.54) is 6.26 Å². The first kappa shape index (κ1) is 15.3. The molecule has 6 heteroatoms. The molecular weight excluding hydrogens is 294 g/mol. The van der Waals surface area contributed by atoms with Gasteiger partial charge in [-0.1, -0.05) is 30.3 Å². The van der Waals surface area contributed by atoms with Crippen LogP contribution in [-0.2, 0) is 4.79 Å². The quantitative estimate of drug-likeness (QED) is 0.711. The van der Waals surface area contributed by atoms with E-state index in [9.17, 15) is 9.59 Å². The molecule has 3 rings (SSSR count). The highest BCUT2D eigenvalue weighted by Gasteiger charge is 2.28. The van der Waals surface area contributed by atoms with Crippen LogP contribution in [0.15, 0.2) is 47.1 Å². The third kappa shape index (κ3) is 3.78. The fraction of sp³-hybridized carbons (Fsp3) is 0.294. The number of furan rings is 1. The van der Waals surface area contributed by atoms with Gasteiger partial charge in [-0.15, -0.1) is 0 Å². The van der Waals surface area contributed by atoms with Gasteiger partial charge in [-0.3, -0.25) is 15.0 Å². The number of hydrazine groups is 1. The van der Waals surface area contributed by atoms with Gasteiger partial charge in [0, 0.05) is 6.04 Å². The maximum atomic E-state index is 12.4. The first-order valence-electron chi connectivity index (χ1n) is 7.60. The molecule has 1 aromatic heterocycles. The summed E-state index contributed by atoms with van der Waals surface area (Å²) in [6.07, 6.45) is 3.47. The summed E-state index contributed by atoms with van der Waals surface area (Å²) in [4.78, 5) is 24.6. The van der Waals surface area contributed by atoms with Gasteiger partial charge in [0.15, 0.2) is 0 Å². The van der Waals surface area contributed by atoms with Gasteiger partial charge in [-0.05, 0) is 31.4 Å². The fourth-order valence-electron chi connectivity index (χ4n) is 2.28. The van der Waals surface area contributed by atoms with E-state index >= 15 is 0 Å². The van der Waals surface area contributed by atoms with E-state index in [0.29, 0.717) is 11.3 Å². The summed E-state index contributed by atoms with van der Waals surface area (Å²) in [6.45, 7) is 1.71. The number of benzene rings is 1. The lowest BCUT2D eigenvalue weighted by Crippen LogP contribution is -2.46. The summed E-state index contributed by atoms with van der Waals surface area (Å²) in [5.41, 5.74) is 6.64. The smallest absolute Gasteiger partial charge is 0.268 e. The highest BCUT2D eigenvalue weighted by Crippen LogP contribution is 2.21. The Morgan fingerprint density at radius 3 is 2.52 bits per heavy atom. The molecule has 1 unspecified atom stereocenters. The molecule has 0 radical (unpaired) electrons. The van der Waals surface area contributed by atoms with Crippen LogP contribution in [0.4, 0.5) is 0 Å². The Bertz CT molecular complexity index is 692. The standard InChI is InChI=1S/C17H19N3O3/c1-11-14(9-10-23-11)16(21)20-19-15(12-5-3-2-4-6-12)17(22)18-13-7-8-13/h2-6,9-10,13,15,19H,7-8H2,1H3,(H,18,22)(H,20,21). The summed E-state index contributed by atoms with van der Waals surface area (Å²) in [5, 5.41) is 2.95. The number of rotatable bonds is 6. The molecule has 0 saturated heterocycles. The molecule has 0 spiro atoms. The van der Waals surface area contributed by atoms with E-state index in [1.54, 1.807) is 13.0 Å². The van der Waals surface area contributed by atoms with E-state index in [4.69, 9.17) is 4.42 Å². The van der Waals surface area contributed by atoms with Crippen LogP contribution in [0.3, 0.4) is 0 Å². The minimum atomic E-state index is -0.645. The lowest BCUT2D eigenvalue weighted by atomic mass is 10.1. The largest absolute Gasteiger partial charge is 0.469 e. The second-order valence-corrected chi connectivity index (χ2v) is 5.62. The second kappa shape index (κ2) is 6.66. The molecule has 1 atom stereocenters. The van der Waals surface area contributed by atoms with Crippen LogP contribution in [0.25, 0.3) is 0 Å². The van der Waals surface area contributed by atoms with Gasteiger partial charge in [0.25, 0.3) is 5.91 Å². The first-order valence-corrected chi connectivity index (χ1v) is 7.60. The van der Waals surface area contributed by atoms with Gasteiger partial charge in [-0.25, -0.2) is 5.43 Å². The van der Waals surface area contributed by atoms with Crippen molar-refractivity contribution in [3.63, 3.8) is 0 Å². The molecule has 0 aliphatic heterocycles. The van der Waals surface area contributed by atoms with Crippen LogP contribution < -0.4 is 16.2 Å². The summed E-state index contributed by atoms with van der Waals surface area (Å²) < 4.78 is 5.12. The Hall–Kier alpha value is -2.60. The highest BCUT2D eigenvalue weighted by atomic mass is 16.3. The van der Waals surface area contributed by atoms with Crippen LogP contribution in [0.1, 0.15) is 40.6 Å². The number of amides is 2. The van der Waals surface area contributed by atoms with Gasteiger partial charge in [-0.2, -0.15) is 0 Å². The molecule has 3 N–H and O–H groups in total. The SMILES string of the molecule is Cc1occc1C(=O)NNC(C(=O)NC1CC1)c1ccccc1. The molecule has 1 aliphatic rings. The average molecular weight is 313 g/mol. The van der Waals surface area contributed by atoms with Crippen molar-refractivity contribution in [1.82, 2.24) is 16.2 Å². The van der Waals surface area contributed by atoms with Gasteiger partial charge in [0.1, 0.15) is 11.8 Å². The third-order valence-electron chi connectivity index (χ3n) is 3.75. The molecule has 23 heavy (non-hydrogen) atoms. The molecule has 1 aliphatic carbocycles. The van der Waals surface area contributed by atoms with Gasteiger partial charge in [0.05, 0.1) is 11.8 Å². The lowest BCUT2D eigenvalue weighted by molar-refractivity contribution is -0.123. The summed E-state index contributed by atoms with van der Waals surface area (Å²) >= 11 is 0. The number of hydrogen-bond acceptors (Lipinski definition) is 4. The van der Waals surface area contributed by atoms with E-state index < -0.39 is 6.04 Å². The normalized spacial score (nSPS) is 15.0. The first-order chi connectivity index (χ1) is 11.1. The second-order valence-electron chi connectivity index (χ2n) is 5.62. The third-order valence-corrected chi connectivity index (χ3v) is 3.75. The number of nitrogens with one attached hydrogen (secondary N) is 3. The van der Waals surface area contributed by atoms with E-state index in [1.807, 2.05) is 30.3 Å². The molecule has 120 valence electrons. The van der Waals surface area contributed by atoms with Crippen LogP contribution >= 0.6 is 0 Å². The van der Waals surface area contributed by atoms with E-state index in [-0.39, 0.29) is 17.9 Å². The minimum absolute atomic E-state index is 0.150. The van der Waals surface area contributed by atoms with Gasteiger partial charge >= 0.3 is 0 Å². The molecule has 6 nitrogen and oxygen atoms in total. The highest BCUT2D eigenvalue weighted by molar-refractivity contribution is 5.95. The predicted octanol–water partition coefficient (Wildman–Crippen LogP) is 1.84. The number of carbonyl (C=O) groups excluding carboxylic acids is 2. The molecule has 1 saturated carbocycles. The van der Waals surface area contributed by atoms with Gasteiger partial charge < -0.3 is 9.73 Å². The molecule has 0 bridgehead atoms. The average Bonchev–Trinajstić information content (AvgIpc) is 3.26. The van der Waals surface area contributed by atoms with Crippen molar-refractivity contribution in [2.24, 2.45) is 0 Å². The molecular formula is C17H19N3O3. The Kier molecular flexibility index (Phi) is 4.43. The topological polar surface area (TPSA) is 83.4 Å². The lowest BCUT2D eigenvalue weighted by Gasteiger charge is -2.19. The van der Waals surface area contributed by atoms with Crippen molar-refractivity contribution in [2.75, 3.05) is 0 Å². The Morgan fingerprint density at radius 2 is 1.91 bits per heavy atom. The van der Waals surface area contributed by atoms with Crippen molar-refractivity contribution < 1.29 is 14.0 Å². The number of aryl methyl sites for hydroxylation is 1. The van der Waals surface area contributed by atoms with Crippen molar-refractivity contribution >= 4 is 11.8 Å². The number of hydrogen-bond donors (Lipinski definition) is 3. The Labute approximate surface area is 134 Å². The van der Waals surface area contributed by atoms with Gasteiger partial charge in [0.2, 0.25) is 5.91 Å². The fourth-order valence-corrected chi connectivity index (χ4v) is 2.28. The van der Waals surface area contributed by atoms with E-state index in [0.717, 1.165) is 18.4 Å². The summed E-state index contributed by atoms with van der Waals surface area (Å²) in [6, 6.07) is 10.5. The zero-order valence-corrected chi connectivity index (χ0v) is 12.8. The van der Waals surface area contributed by atoms with Crippen molar-refractivity contribution in [3.05, 3.63) is 59.5 Å². The predicted molar refractivity (Wildman–Crippen MR) is 84.4 cm³/mol. The maximum absolute atomic E-state index is 12.4. The molecule has 1 fully saturated rings. The monoisotopic (exact) mass is 313 g/mol. The zero-order chi connectivity index (χ0) is 16.2. The minimum Gasteiger partial charge on any atom is -0.469 e. The van der Waals surface area contributed by atoms with Crippen LogP contribution in [-0.4, -0.2) is 17.9 Å². The van der Waals surface area contributed by atoms with E-state index in [2.05, 4.69) is 16.2 Å². The molecule has 1 heterocycles. The maximum Gasteiger partial charge on any atom is 0.268 e. The Morgan fingerprint density at radius 1 is 1.17 bits per heavy atom. The summed E-state index contributed by atoms with van der Waals surface area (Å²) in [5.74, 6) is 0.0438. The van der Waals surface area contributed by atoms with Crippen molar-refractivity contribution in [1.29, 1.82) is 0 Å². The van der Waals surface area contributed by atoms with Crippen LogP contribution in [0.5, 0.6) is 0 Å². The van der Waals surface area contributed by atoms with Crippen molar-refractivity contribution in [3.8, 4) is 0 Å². The number of carbonyl (C=O) groups is 2. The summed E-state index contributed by atoms with van der Waals surface area (Å²) in [7, 11) is 0. The molecule has 2 amide bonds. The van der Waals surface area contributed by atoms with Crippen LogP contribution in [0.2, 0.25) is 0 Å². The van der Waals surface area contributed by atoms with Crippen LogP contribution in [0, 0.1) is 6.92 Å². The Balaban J connectivity index is 1.69.